The molecule has 1 aromatic rings. The van der Waals surface area contributed by atoms with Crippen LogP contribution in [0.5, 0.6) is 0 Å². The number of rotatable bonds is 2. The molecule has 2 unspecified atom stereocenters. The van der Waals surface area contributed by atoms with Gasteiger partial charge in [0.1, 0.15) is 0 Å². The van der Waals surface area contributed by atoms with Crippen LogP contribution in [0.1, 0.15) is 25.3 Å². The Morgan fingerprint density at radius 1 is 1.44 bits per heavy atom. The molecule has 2 aliphatic heterocycles. The van der Waals surface area contributed by atoms with Gasteiger partial charge in [-0.2, -0.15) is 0 Å². The number of aromatic nitrogens is 1. The predicted molar refractivity (Wildman–Crippen MR) is 73.5 cm³/mol. The van der Waals surface area contributed by atoms with Crippen molar-refractivity contribution >= 4 is 5.69 Å². The standard InChI is InChI=1S/C14H22N4/c1-11-9-17-6-2-3-13(17)10-18(11)14-4-5-16-8-12(14)7-15/h4-5,8,11,13H,2-3,6-7,9-10,15H2,1H3. The van der Waals surface area contributed by atoms with Crippen LogP contribution in [0.2, 0.25) is 0 Å². The van der Waals surface area contributed by atoms with Gasteiger partial charge in [-0.15, -0.1) is 0 Å². The quantitative estimate of drug-likeness (QED) is 0.852. The van der Waals surface area contributed by atoms with Crippen molar-refractivity contribution in [3.63, 3.8) is 0 Å². The normalized spacial score (nSPS) is 28.4. The summed E-state index contributed by atoms with van der Waals surface area (Å²) in [6, 6.07) is 3.41. The van der Waals surface area contributed by atoms with Gasteiger partial charge in [-0.1, -0.05) is 0 Å². The molecule has 2 saturated heterocycles. The zero-order chi connectivity index (χ0) is 12.5. The maximum Gasteiger partial charge on any atom is 0.0446 e. The van der Waals surface area contributed by atoms with Crippen molar-refractivity contribution in [3.05, 3.63) is 24.0 Å². The van der Waals surface area contributed by atoms with Crippen LogP contribution in [0.15, 0.2) is 18.5 Å². The Labute approximate surface area is 109 Å². The van der Waals surface area contributed by atoms with Gasteiger partial charge in [-0.25, -0.2) is 0 Å². The molecule has 3 heterocycles. The van der Waals surface area contributed by atoms with Crippen LogP contribution in [0.3, 0.4) is 0 Å². The molecular formula is C14H22N4. The van der Waals surface area contributed by atoms with E-state index in [1.165, 1.54) is 31.6 Å². The van der Waals surface area contributed by atoms with Gasteiger partial charge >= 0.3 is 0 Å². The summed E-state index contributed by atoms with van der Waals surface area (Å²) in [6.45, 7) is 6.48. The van der Waals surface area contributed by atoms with Crippen molar-refractivity contribution < 1.29 is 0 Å². The minimum Gasteiger partial charge on any atom is -0.366 e. The second kappa shape index (κ2) is 4.86. The first-order valence-electron chi connectivity index (χ1n) is 6.93. The van der Waals surface area contributed by atoms with Crippen molar-refractivity contribution in [2.45, 2.75) is 38.4 Å². The van der Waals surface area contributed by atoms with Gasteiger partial charge in [-0.3, -0.25) is 9.88 Å². The van der Waals surface area contributed by atoms with Crippen molar-refractivity contribution in [1.82, 2.24) is 9.88 Å². The second-order valence-corrected chi connectivity index (χ2v) is 5.50. The minimum absolute atomic E-state index is 0.562. The van der Waals surface area contributed by atoms with Gasteiger partial charge in [0.25, 0.3) is 0 Å². The Morgan fingerprint density at radius 3 is 3.17 bits per heavy atom. The maximum absolute atomic E-state index is 5.83. The lowest BCUT2D eigenvalue weighted by Crippen LogP contribution is -2.55. The van der Waals surface area contributed by atoms with Gasteiger partial charge in [0.05, 0.1) is 0 Å². The monoisotopic (exact) mass is 246 g/mol. The lowest BCUT2D eigenvalue weighted by Gasteiger charge is -2.44. The summed E-state index contributed by atoms with van der Waals surface area (Å²) in [5.74, 6) is 0. The number of pyridine rings is 1. The molecule has 1 aromatic heterocycles. The van der Waals surface area contributed by atoms with Crippen LogP contribution in [0.25, 0.3) is 0 Å². The van der Waals surface area contributed by atoms with Crippen LogP contribution in [-0.2, 0) is 6.54 Å². The van der Waals surface area contributed by atoms with E-state index in [-0.39, 0.29) is 0 Å². The van der Waals surface area contributed by atoms with Crippen LogP contribution >= 0.6 is 0 Å². The average molecular weight is 246 g/mol. The fourth-order valence-electron chi connectivity index (χ4n) is 3.38. The summed E-state index contributed by atoms with van der Waals surface area (Å²) in [7, 11) is 0. The minimum atomic E-state index is 0.562. The summed E-state index contributed by atoms with van der Waals surface area (Å²) in [4.78, 5) is 9.35. The highest BCUT2D eigenvalue weighted by Gasteiger charge is 2.34. The second-order valence-electron chi connectivity index (χ2n) is 5.50. The van der Waals surface area contributed by atoms with E-state index in [0.717, 1.165) is 18.2 Å². The first-order chi connectivity index (χ1) is 8.79. The van der Waals surface area contributed by atoms with Crippen molar-refractivity contribution in [3.8, 4) is 0 Å². The summed E-state index contributed by atoms with van der Waals surface area (Å²) in [6.07, 6.45) is 6.48. The summed E-state index contributed by atoms with van der Waals surface area (Å²) in [5.41, 5.74) is 8.28. The molecule has 0 aromatic carbocycles. The van der Waals surface area contributed by atoms with Gasteiger partial charge in [-0.05, 0) is 32.4 Å². The topological polar surface area (TPSA) is 45.4 Å². The van der Waals surface area contributed by atoms with Crippen molar-refractivity contribution in [2.24, 2.45) is 5.73 Å². The number of nitrogens with zero attached hydrogens (tertiary/aromatic N) is 3. The first kappa shape index (κ1) is 11.9. The molecule has 0 amide bonds. The number of fused-ring (bicyclic) bond motifs is 1. The average Bonchev–Trinajstić information content (AvgIpc) is 2.84. The fourth-order valence-corrected chi connectivity index (χ4v) is 3.38. The largest absolute Gasteiger partial charge is 0.366 e. The molecule has 2 fully saturated rings. The van der Waals surface area contributed by atoms with Crippen LogP contribution in [0, 0.1) is 0 Å². The molecule has 2 N–H and O–H groups in total. The van der Waals surface area contributed by atoms with E-state index in [9.17, 15) is 0 Å². The van der Waals surface area contributed by atoms with Crippen molar-refractivity contribution in [1.29, 1.82) is 0 Å². The number of hydrogen-bond acceptors (Lipinski definition) is 4. The third-order valence-electron chi connectivity index (χ3n) is 4.34. The summed E-state index contributed by atoms with van der Waals surface area (Å²) >= 11 is 0. The smallest absolute Gasteiger partial charge is 0.0446 e. The van der Waals surface area contributed by atoms with Gasteiger partial charge < -0.3 is 10.6 Å². The molecule has 98 valence electrons. The first-order valence-corrected chi connectivity index (χ1v) is 6.93. The molecule has 0 saturated carbocycles. The van der Waals surface area contributed by atoms with Gasteiger partial charge in [0, 0.05) is 55.4 Å². The Hall–Kier alpha value is -1.13. The van der Waals surface area contributed by atoms with E-state index in [1.54, 1.807) is 0 Å². The van der Waals surface area contributed by atoms with E-state index in [4.69, 9.17) is 5.73 Å². The third kappa shape index (κ3) is 1.99. The Kier molecular flexibility index (Phi) is 3.22. The molecule has 2 aliphatic rings. The fraction of sp³-hybridized carbons (Fsp3) is 0.643. The molecule has 3 rings (SSSR count). The molecule has 2 atom stereocenters. The van der Waals surface area contributed by atoms with Crippen molar-refractivity contribution in [2.75, 3.05) is 24.5 Å². The lowest BCUT2D eigenvalue weighted by molar-refractivity contribution is 0.203. The molecule has 4 nitrogen and oxygen atoms in total. The van der Waals surface area contributed by atoms with E-state index < -0.39 is 0 Å². The Bertz CT molecular complexity index is 420. The van der Waals surface area contributed by atoms with Gasteiger partial charge in [0.15, 0.2) is 0 Å². The zero-order valence-electron chi connectivity index (χ0n) is 11.0. The number of nitrogens with two attached hydrogens (primary N) is 1. The van der Waals surface area contributed by atoms with E-state index in [1.807, 2.05) is 12.4 Å². The summed E-state index contributed by atoms with van der Waals surface area (Å²) in [5, 5.41) is 0. The molecule has 0 radical (unpaired) electrons. The maximum atomic E-state index is 5.83. The molecule has 18 heavy (non-hydrogen) atoms. The Morgan fingerprint density at radius 2 is 2.33 bits per heavy atom. The molecule has 4 heteroatoms. The molecule has 0 spiro atoms. The number of anilines is 1. The van der Waals surface area contributed by atoms with E-state index >= 15 is 0 Å². The van der Waals surface area contributed by atoms with E-state index in [2.05, 4.69) is 27.8 Å². The van der Waals surface area contributed by atoms with E-state index in [0.29, 0.717) is 12.6 Å². The highest BCUT2D eigenvalue weighted by molar-refractivity contribution is 5.53. The highest BCUT2D eigenvalue weighted by Crippen LogP contribution is 2.30. The van der Waals surface area contributed by atoms with Gasteiger partial charge in [0.2, 0.25) is 0 Å². The number of piperazine rings is 1. The van der Waals surface area contributed by atoms with Crippen LogP contribution < -0.4 is 10.6 Å². The predicted octanol–water partition coefficient (Wildman–Crippen LogP) is 1.21. The Balaban J connectivity index is 1.86. The molecule has 0 aliphatic carbocycles. The number of hydrogen-bond donors (Lipinski definition) is 1. The highest BCUT2D eigenvalue weighted by atomic mass is 15.3. The molecular weight excluding hydrogens is 224 g/mol. The summed E-state index contributed by atoms with van der Waals surface area (Å²) < 4.78 is 0. The lowest BCUT2D eigenvalue weighted by atomic mass is 10.1. The molecule has 0 bridgehead atoms. The third-order valence-corrected chi connectivity index (χ3v) is 4.34. The SMILES string of the molecule is CC1CN2CCCC2CN1c1ccncc1CN. The van der Waals surface area contributed by atoms with Crippen LogP contribution in [0.4, 0.5) is 5.69 Å². The zero-order valence-corrected chi connectivity index (χ0v) is 11.0. The van der Waals surface area contributed by atoms with Crippen LogP contribution in [-0.4, -0.2) is 41.6 Å².